The monoisotopic (exact) mass is 166 g/mol. The molecule has 1 heterocycles. The van der Waals surface area contributed by atoms with Gasteiger partial charge in [0.1, 0.15) is 5.69 Å². The van der Waals surface area contributed by atoms with Gasteiger partial charge >= 0.3 is 0 Å². The van der Waals surface area contributed by atoms with E-state index >= 15 is 0 Å². The highest BCUT2D eigenvalue weighted by molar-refractivity contribution is 7.09. The highest BCUT2D eigenvalue weighted by Crippen LogP contribution is 2.17. The Bertz CT molecular complexity index is 272. The van der Waals surface area contributed by atoms with Crippen molar-refractivity contribution in [2.45, 2.75) is 12.8 Å². The van der Waals surface area contributed by atoms with Crippen molar-refractivity contribution in [3.63, 3.8) is 0 Å². The minimum absolute atomic E-state index is 0.321. The van der Waals surface area contributed by atoms with Crippen LogP contribution in [0.4, 0.5) is 0 Å². The number of nitrogens with two attached hydrogens (primary N) is 1. The molecule has 0 aliphatic heterocycles. The van der Waals surface area contributed by atoms with E-state index in [0.29, 0.717) is 18.2 Å². The summed E-state index contributed by atoms with van der Waals surface area (Å²) < 4.78 is 0. The van der Waals surface area contributed by atoms with Crippen LogP contribution in [0.15, 0.2) is 5.38 Å². The second kappa shape index (κ2) is 3.51. The molecular weight excluding hydrogens is 156 g/mol. The molecule has 1 aromatic rings. The standard InChI is InChI=1S/C8H10N2S/c1-3-7-5-11-8(10-7)6(2)4-9/h1,5-6H,4,9H2,2H3. The quantitative estimate of drug-likeness (QED) is 0.670. The lowest BCUT2D eigenvalue weighted by Gasteiger charge is -2.00. The van der Waals surface area contributed by atoms with Crippen molar-refractivity contribution in [1.82, 2.24) is 4.98 Å². The molecule has 1 unspecified atom stereocenters. The normalized spacial score (nSPS) is 12.5. The van der Waals surface area contributed by atoms with Crippen molar-refractivity contribution in [2.24, 2.45) is 5.73 Å². The fraction of sp³-hybridized carbons (Fsp3) is 0.375. The molecule has 1 rings (SSSR count). The fourth-order valence-electron chi connectivity index (χ4n) is 0.681. The van der Waals surface area contributed by atoms with Crippen LogP contribution in [-0.4, -0.2) is 11.5 Å². The Labute approximate surface area is 70.5 Å². The third-order valence-corrected chi connectivity index (χ3v) is 2.52. The van der Waals surface area contributed by atoms with E-state index in [9.17, 15) is 0 Å². The number of terminal acetylenes is 1. The lowest BCUT2D eigenvalue weighted by atomic mass is 10.2. The molecule has 0 aromatic carbocycles. The van der Waals surface area contributed by atoms with Gasteiger partial charge in [-0.25, -0.2) is 4.98 Å². The molecule has 11 heavy (non-hydrogen) atoms. The molecule has 0 saturated carbocycles. The number of hydrogen-bond donors (Lipinski definition) is 1. The highest BCUT2D eigenvalue weighted by atomic mass is 32.1. The van der Waals surface area contributed by atoms with E-state index < -0.39 is 0 Å². The third-order valence-electron chi connectivity index (χ3n) is 1.44. The Hall–Kier alpha value is -0.850. The summed E-state index contributed by atoms with van der Waals surface area (Å²) in [5.41, 5.74) is 6.18. The molecule has 0 spiro atoms. The topological polar surface area (TPSA) is 38.9 Å². The van der Waals surface area contributed by atoms with Crippen molar-refractivity contribution in [2.75, 3.05) is 6.54 Å². The van der Waals surface area contributed by atoms with Crippen LogP contribution in [0.25, 0.3) is 0 Å². The van der Waals surface area contributed by atoms with Crippen LogP contribution in [-0.2, 0) is 0 Å². The average Bonchev–Trinajstić information content (AvgIpc) is 2.50. The summed E-state index contributed by atoms with van der Waals surface area (Å²) in [7, 11) is 0. The van der Waals surface area contributed by atoms with E-state index in [0.717, 1.165) is 5.01 Å². The zero-order chi connectivity index (χ0) is 8.27. The molecule has 0 aliphatic carbocycles. The molecule has 0 fully saturated rings. The Morgan fingerprint density at radius 2 is 2.64 bits per heavy atom. The van der Waals surface area contributed by atoms with Crippen molar-refractivity contribution in [3.05, 3.63) is 16.1 Å². The Kier molecular flexibility index (Phi) is 2.64. The first-order chi connectivity index (χ1) is 5.27. The first kappa shape index (κ1) is 8.25. The van der Waals surface area contributed by atoms with E-state index in [-0.39, 0.29) is 0 Å². The van der Waals surface area contributed by atoms with Gasteiger partial charge in [0, 0.05) is 17.8 Å². The van der Waals surface area contributed by atoms with Gasteiger partial charge in [-0.3, -0.25) is 0 Å². The number of thiazole rings is 1. The van der Waals surface area contributed by atoms with Crippen LogP contribution in [0.1, 0.15) is 23.5 Å². The van der Waals surface area contributed by atoms with Gasteiger partial charge in [0.05, 0.1) is 5.01 Å². The molecule has 0 radical (unpaired) electrons. The predicted octanol–water partition coefficient (Wildman–Crippen LogP) is 1.19. The van der Waals surface area contributed by atoms with Gasteiger partial charge < -0.3 is 5.73 Å². The lowest BCUT2D eigenvalue weighted by molar-refractivity contribution is 0.765. The minimum Gasteiger partial charge on any atom is -0.330 e. The van der Waals surface area contributed by atoms with Crippen molar-refractivity contribution in [1.29, 1.82) is 0 Å². The molecule has 0 aliphatic rings. The summed E-state index contributed by atoms with van der Waals surface area (Å²) >= 11 is 1.57. The summed E-state index contributed by atoms with van der Waals surface area (Å²) in [6.45, 7) is 2.66. The van der Waals surface area contributed by atoms with Gasteiger partial charge in [0.15, 0.2) is 0 Å². The van der Waals surface area contributed by atoms with Crippen LogP contribution in [0.3, 0.4) is 0 Å². The zero-order valence-corrected chi connectivity index (χ0v) is 7.19. The van der Waals surface area contributed by atoms with Crippen molar-refractivity contribution >= 4 is 11.3 Å². The van der Waals surface area contributed by atoms with Crippen LogP contribution in [0, 0.1) is 12.3 Å². The third kappa shape index (κ3) is 1.79. The van der Waals surface area contributed by atoms with Gasteiger partial charge in [-0.1, -0.05) is 6.92 Å². The van der Waals surface area contributed by atoms with Gasteiger partial charge in [-0.2, -0.15) is 0 Å². The summed E-state index contributed by atoms with van der Waals surface area (Å²) in [5, 5.41) is 2.90. The molecule has 1 aromatic heterocycles. The van der Waals surface area contributed by atoms with E-state index in [2.05, 4.69) is 10.9 Å². The molecule has 0 saturated heterocycles. The van der Waals surface area contributed by atoms with E-state index in [1.807, 2.05) is 12.3 Å². The summed E-state index contributed by atoms with van der Waals surface area (Å²) in [6, 6.07) is 0. The highest BCUT2D eigenvalue weighted by Gasteiger charge is 2.06. The molecule has 2 N–H and O–H groups in total. The van der Waals surface area contributed by atoms with E-state index in [1.54, 1.807) is 11.3 Å². The smallest absolute Gasteiger partial charge is 0.124 e. The largest absolute Gasteiger partial charge is 0.330 e. The molecule has 2 nitrogen and oxygen atoms in total. The number of nitrogens with zero attached hydrogens (tertiary/aromatic N) is 1. The van der Waals surface area contributed by atoms with Crippen LogP contribution >= 0.6 is 11.3 Å². The Balaban J connectivity index is 2.82. The summed E-state index contributed by atoms with van der Waals surface area (Å²) in [5.74, 6) is 2.81. The van der Waals surface area contributed by atoms with E-state index in [4.69, 9.17) is 12.2 Å². The Morgan fingerprint density at radius 3 is 3.09 bits per heavy atom. The second-order valence-electron chi connectivity index (χ2n) is 2.35. The van der Waals surface area contributed by atoms with E-state index in [1.165, 1.54) is 0 Å². The predicted molar refractivity (Wildman–Crippen MR) is 47.5 cm³/mol. The van der Waals surface area contributed by atoms with Gasteiger partial charge in [0.25, 0.3) is 0 Å². The second-order valence-corrected chi connectivity index (χ2v) is 3.24. The zero-order valence-electron chi connectivity index (χ0n) is 6.37. The van der Waals surface area contributed by atoms with Crippen LogP contribution in [0.2, 0.25) is 0 Å². The maximum Gasteiger partial charge on any atom is 0.124 e. The Morgan fingerprint density at radius 1 is 1.91 bits per heavy atom. The molecule has 1 atom stereocenters. The van der Waals surface area contributed by atoms with Crippen molar-refractivity contribution in [3.8, 4) is 12.3 Å². The van der Waals surface area contributed by atoms with Gasteiger partial charge in [0.2, 0.25) is 0 Å². The average molecular weight is 166 g/mol. The number of aromatic nitrogens is 1. The van der Waals surface area contributed by atoms with Crippen LogP contribution in [0.5, 0.6) is 0 Å². The molecule has 58 valence electrons. The minimum atomic E-state index is 0.321. The summed E-state index contributed by atoms with van der Waals surface area (Å²) in [4.78, 5) is 4.20. The number of hydrogen-bond acceptors (Lipinski definition) is 3. The first-order valence-corrected chi connectivity index (χ1v) is 4.28. The number of rotatable bonds is 2. The molecule has 0 bridgehead atoms. The molecule has 0 amide bonds. The maximum absolute atomic E-state index is 5.47. The maximum atomic E-state index is 5.47. The lowest BCUT2D eigenvalue weighted by Crippen LogP contribution is -2.08. The molecular formula is C8H10N2S. The fourth-order valence-corrected chi connectivity index (χ4v) is 1.51. The SMILES string of the molecule is C#Cc1csc(C(C)CN)n1. The molecule has 3 heteroatoms. The first-order valence-electron chi connectivity index (χ1n) is 3.40. The van der Waals surface area contributed by atoms with Crippen LogP contribution < -0.4 is 5.73 Å². The van der Waals surface area contributed by atoms with Crippen molar-refractivity contribution < 1.29 is 0 Å². The van der Waals surface area contributed by atoms with Gasteiger partial charge in [-0.05, 0) is 5.92 Å². The van der Waals surface area contributed by atoms with Gasteiger partial charge in [-0.15, -0.1) is 17.8 Å². The summed E-state index contributed by atoms with van der Waals surface area (Å²) in [6.07, 6.45) is 5.17.